The maximum Gasteiger partial charge on any atom is 0.408 e. The van der Waals surface area contributed by atoms with Crippen molar-refractivity contribution < 1.29 is 24.2 Å². The number of alkyl carbamates (subject to hydrolysis) is 1. The standard InChI is InChI=1S/C24H36N4O5/c1-15(2)14-18(27-23(32)33-24(5,6)7)22(31)28(13-12-25)20(21(30)26-16(3)4)17-10-8-9-11-19(17)29/h8-11,15-16,18,20,29H,13-14H2,1-7H3,(H,26,30)(H,27,32). The highest BCUT2D eigenvalue weighted by Crippen LogP contribution is 2.30. The molecule has 9 heteroatoms. The lowest BCUT2D eigenvalue weighted by molar-refractivity contribution is -0.142. The van der Waals surface area contributed by atoms with Gasteiger partial charge in [-0.3, -0.25) is 9.59 Å². The molecule has 0 saturated heterocycles. The predicted octanol–water partition coefficient (Wildman–Crippen LogP) is 3.25. The molecule has 3 amide bonds. The molecule has 0 fully saturated rings. The Kier molecular flexibility index (Phi) is 10.2. The highest BCUT2D eigenvalue weighted by Gasteiger charge is 2.37. The molecule has 0 aliphatic rings. The second-order valence-electron chi connectivity index (χ2n) is 9.58. The van der Waals surface area contributed by atoms with E-state index in [-0.39, 0.29) is 29.7 Å². The Balaban J connectivity index is 3.44. The number of benzene rings is 1. The van der Waals surface area contributed by atoms with Crippen molar-refractivity contribution in [2.75, 3.05) is 6.54 Å². The summed E-state index contributed by atoms with van der Waals surface area (Å²) in [6.07, 6.45) is -0.511. The SMILES string of the molecule is CC(C)CC(NC(=O)OC(C)(C)C)C(=O)N(CC#N)C(C(=O)NC(C)C)c1ccccc1O. The summed E-state index contributed by atoms with van der Waals surface area (Å²) in [7, 11) is 0. The summed E-state index contributed by atoms with van der Waals surface area (Å²) < 4.78 is 5.30. The number of phenolic OH excluding ortho intramolecular Hbond substituents is 1. The van der Waals surface area contributed by atoms with Crippen LogP contribution in [0.15, 0.2) is 24.3 Å². The smallest absolute Gasteiger partial charge is 0.408 e. The molecule has 2 atom stereocenters. The van der Waals surface area contributed by atoms with Crippen LogP contribution in [0.2, 0.25) is 0 Å². The quantitative estimate of drug-likeness (QED) is 0.485. The summed E-state index contributed by atoms with van der Waals surface area (Å²) in [4.78, 5) is 40.3. The van der Waals surface area contributed by atoms with Crippen LogP contribution < -0.4 is 10.6 Å². The number of nitrogens with zero attached hydrogens (tertiary/aromatic N) is 2. The fraction of sp³-hybridized carbons (Fsp3) is 0.583. The van der Waals surface area contributed by atoms with Gasteiger partial charge in [0.15, 0.2) is 0 Å². The first-order valence-corrected chi connectivity index (χ1v) is 11.0. The summed E-state index contributed by atoms with van der Waals surface area (Å²) in [5.74, 6) is -1.33. The maximum absolute atomic E-state index is 13.6. The van der Waals surface area contributed by atoms with Crippen LogP contribution in [0.25, 0.3) is 0 Å². The molecule has 0 aliphatic heterocycles. The lowest BCUT2D eigenvalue weighted by Crippen LogP contribution is -2.54. The molecule has 0 aromatic heterocycles. The first-order chi connectivity index (χ1) is 15.3. The zero-order valence-corrected chi connectivity index (χ0v) is 20.5. The Labute approximate surface area is 196 Å². The molecule has 3 N–H and O–H groups in total. The van der Waals surface area contributed by atoms with E-state index in [9.17, 15) is 24.8 Å². The van der Waals surface area contributed by atoms with Crippen molar-refractivity contribution in [2.24, 2.45) is 5.92 Å². The minimum absolute atomic E-state index is 0.0193. The number of phenols is 1. The zero-order valence-electron chi connectivity index (χ0n) is 20.5. The molecular weight excluding hydrogens is 424 g/mol. The summed E-state index contributed by atoms with van der Waals surface area (Å²) >= 11 is 0. The van der Waals surface area contributed by atoms with Gasteiger partial charge in [0.2, 0.25) is 11.8 Å². The van der Waals surface area contributed by atoms with Crippen LogP contribution in [-0.4, -0.2) is 52.1 Å². The Bertz CT molecular complexity index is 870. The monoisotopic (exact) mass is 460 g/mol. The molecular formula is C24H36N4O5. The van der Waals surface area contributed by atoms with Crippen LogP contribution in [0.3, 0.4) is 0 Å². The lowest BCUT2D eigenvalue weighted by Gasteiger charge is -2.34. The van der Waals surface area contributed by atoms with Gasteiger partial charge in [-0.05, 0) is 53.0 Å². The van der Waals surface area contributed by atoms with Crippen molar-refractivity contribution in [3.05, 3.63) is 29.8 Å². The molecule has 33 heavy (non-hydrogen) atoms. The number of carbonyl (C=O) groups excluding carboxylic acids is 3. The molecule has 0 spiro atoms. The van der Waals surface area contributed by atoms with Crippen molar-refractivity contribution in [3.8, 4) is 11.8 Å². The van der Waals surface area contributed by atoms with E-state index in [1.165, 1.54) is 12.1 Å². The number of para-hydroxylation sites is 1. The molecule has 0 aliphatic carbocycles. The van der Waals surface area contributed by atoms with Gasteiger partial charge in [-0.2, -0.15) is 5.26 Å². The van der Waals surface area contributed by atoms with Crippen molar-refractivity contribution >= 4 is 17.9 Å². The number of nitrogens with one attached hydrogen (secondary N) is 2. The van der Waals surface area contributed by atoms with E-state index in [1.54, 1.807) is 46.8 Å². The Morgan fingerprint density at radius 1 is 1.12 bits per heavy atom. The van der Waals surface area contributed by atoms with Crippen LogP contribution in [0.4, 0.5) is 4.79 Å². The van der Waals surface area contributed by atoms with Gasteiger partial charge in [-0.15, -0.1) is 0 Å². The average Bonchev–Trinajstić information content (AvgIpc) is 2.65. The Hall–Kier alpha value is -3.28. The molecule has 9 nitrogen and oxygen atoms in total. The normalized spacial score (nSPS) is 13.1. The van der Waals surface area contributed by atoms with Crippen LogP contribution in [-0.2, 0) is 14.3 Å². The van der Waals surface area contributed by atoms with Gasteiger partial charge in [0.1, 0.15) is 30.0 Å². The van der Waals surface area contributed by atoms with E-state index < -0.39 is 42.1 Å². The number of carbonyl (C=O) groups is 3. The number of ether oxygens (including phenoxy) is 1. The summed E-state index contributed by atoms with van der Waals surface area (Å²) in [6.45, 7) is 12.0. The third kappa shape index (κ3) is 9.00. The van der Waals surface area contributed by atoms with Gasteiger partial charge in [-0.25, -0.2) is 4.79 Å². The van der Waals surface area contributed by atoms with Gasteiger partial charge in [0.25, 0.3) is 0 Å². The topological polar surface area (TPSA) is 132 Å². The second kappa shape index (κ2) is 12.1. The predicted molar refractivity (Wildman–Crippen MR) is 124 cm³/mol. The minimum atomic E-state index is -1.27. The third-order valence-corrected chi connectivity index (χ3v) is 4.44. The molecule has 0 saturated carbocycles. The number of hydrogen-bond donors (Lipinski definition) is 3. The summed E-state index contributed by atoms with van der Waals surface area (Å²) in [6, 6.07) is 5.54. The van der Waals surface area contributed by atoms with Crippen LogP contribution in [0.5, 0.6) is 5.75 Å². The van der Waals surface area contributed by atoms with E-state index in [1.807, 2.05) is 19.9 Å². The molecule has 1 aromatic carbocycles. The van der Waals surface area contributed by atoms with Crippen molar-refractivity contribution in [1.82, 2.24) is 15.5 Å². The average molecular weight is 461 g/mol. The summed E-state index contributed by atoms with van der Waals surface area (Å²) in [5, 5.41) is 25.2. The molecule has 0 bridgehead atoms. The second-order valence-corrected chi connectivity index (χ2v) is 9.58. The first-order valence-electron chi connectivity index (χ1n) is 11.0. The number of amides is 3. The van der Waals surface area contributed by atoms with Crippen LogP contribution in [0, 0.1) is 17.2 Å². The molecule has 0 radical (unpaired) electrons. The molecule has 182 valence electrons. The maximum atomic E-state index is 13.6. The van der Waals surface area contributed by atoms with Gasteiger partial charge >= 0.3 is 6.09 Å². The van der Waals surface area contributed by atoms with E-state index >= 15 is 0 Å². The lowest BCUT2D eigenvalue weighted by atomic mass is 9.98. The van der Waals surface area contributed by atoms with E-state index in [0.717, 1.165) is 4.90 Å². The molecule has 1 aromatic rings. The highest BCUT2D eigenvalue weighted by molar-refractivity contribution is 5.92. The number of aromatic hydroxyl groups is 1. The highest BCUT2D eigenvalue weighted by atomic mass is 16.6. The zero-order chi connectivity index (χ0) is 25.3. The summed E-state index contributed by atoms with van der Waals surface area (Å²) in [5.41, 5.74) is -0.586. The Morgan fingerprint density at radius 2 is 1.73 bits per heavy atom. The minimum Gasteiger partial charge on any atom is -0.508 e. The van der Waals surface area contributed by atoms with Gasteiger partial charge < -0.3 is 25.4 Å². The number of rotatable bonds is 9. The van der Waals surface area contributed by atoms with E-state index in [4.69, 9.17) is 4.74 Å². The van der Waals surface area contributed by atoms with Gasteiger partial charge in [0.05, 0.1) is 6.07 Å². The largest absolute Gasteiger partial charge is 0.508 e. The van der Waals surface area contributed by atoms with Crippen molar-refractivity contribution in [1.29, 1.82) is 5.26 Å². The van der Waals surface area contributed by atoms with Crippen molar-refractivity contribution in [2.45, 2.75) is 78.6 Å². The molecule has 0 heterocycles. The Morgan fingerprint density at radius 3 is 2.21 bits per heavy atom. The number of hydrogen-bond acceptors (Lipinski definition) is 6. The fourth-order valence-electron chi connectivity index (χ4n) is 3.25. The van der Waals surface area contributed by atoms with E-state index in [2.05, 4.69) is 10.6 Å². The van der Waals surface area contributed by atoms with Crippen LogP contribution in [0.1, 0.15) is 66.5 Å². The van der Waals surface area contributed by atoms with Gasteiger partial charge in [-0.1, -0.05) is 32.0 Å². The first kappa shape index (κ1) is 27.8. The van der Waals surface area contributed by atoms with Crippen LogP contribution >= 0.6 is 0 Å². The molecule has 1 rings (SSSR count). The fourth-order valence-corrected chi connectivity index (χ4v) is 3.25. The third-order valence-electron chi connectivity index (χ3n) is 4.44. The van der Waals surface area contributed by atoms with Gasteiger partial charge in [0, 0.05) is 11.6 Å². The van der Waals surface area contributed by atoms with Crippen molar-refractivity contribution in [3.63, 3.8) is 0 Å². The van der Waals surface area contributed by atoms with E-state index in [0.29, 0.717) is 0 Å². The molecule has 2 unspecified atom stereocenters. The number of nitriles is 1.